The summed E-state index contributed by atoms with van der Waals surface area (Å²) in [5, 5.41) is 10.8. The van der Waals surface area contributed by atoms with Gasteiger partial charge in [-0.05, 0) is 6.07 Å². The summed E-state index contributed by atoms with van der Waals surface area (Å²) in [5.74, 6) is -0.377. The summed E-state index contributed by atoms with van der Waals surface area (Å²) < 4.78 is 4.48. The minimum Gasteiger partial charge on any atom is -0.430 e. The molecule has 0 bridgehead atoms. The van der Waals surface area contributed by atoms with Gasteiger partial charge in [0.25, 0.3) is 5.91 Å². The van der Waals surface area contributed by atoms with Crippen LogP contribution in [0.25, 0.3) is 0 Å². The van der Waals surface area contributed by atoms with Crippen LogP contribution in [0.3, 0.4) is 0 Å². The number of aliphatic hydroxyl groups is 1. The maximum atomic E-state index is 11.1. The number of carbonyl (C=O) groups is 1. The summed E-state index contributed by atoms with van der Waals surface area (Å²) in [7, 11) is 0. The zero-order valence-corrected chi connectivity index (χ0v) is 6.82. The molecule has 0 aliphatic carbocycles. The van der Waals surface area contributed by atoms with Gasteiger partial charge in [0, 0.05) is 12.6 Å². The number of nitrogens with one attached hydrogen (secondary N) is 1. The van der Waals surface area contributed by atoms with Crippen molar-refractivity contribution in [2.45, 2.75) is 0 Å². The molecule has 0 aromatic carbocycles. The maximum Gasteiger partial charge on any atom is 0.335 e. The number of hydrogen-bond acceptors (Lipinski definition) is 4. The number of hydrogen-bond donors (Lipinski definition) is 2. The van der Waals surface area contributed by atoms with Crippen LogP contribution in [-0.2, 0) is 0 Å². The molecule has 0 spiro atoms. The third kappa shape index (κ3) is 2.72. The van der Waals surface area contributed by atoms with Crippen LogP contribution >= 0.6 is 0 Å². The van der Waals surface area contributed by atoms with E-state index in [9.17, 15) is 9.59 Å². The van der Waals surface area contributed by atoms with E-state index in [0.717, 1.165) is 12.3 Å². The normalized spacial score (nSPS) is 9.62. The number of rotatable bonds is 3. The minimum absolute atomic E-state index is 0.122. The second-order valence-corrected chi connectivity index (χ2v) is 2.32. The van der Waals surface area contributed by atoms with Crippen LogP contribution in [0.1, 0.15) is 10.4 Å². The van der Waals surface area contributed by atoms with Crippen LogP contribution in [0.4, 0.5) is 0 Å². The molecule has 0 atom stereocenters. The fourth-order valence-electron chi connectivity index (χ4n) is 0.759. The van der Waals surface area contributed by atoms with Crippen molar-refractivity contribution in [2.75, 3.05) is 13.2 Å². The number of aliphatic hydroxyl groups excluding tert-OH is 1. The van der Waals surface area contributed by atoms with Crippen LogP contribution in [0, 0.1) is 0 Å². The molecule has 1 aromatic heterocycles. The van der Waals surface area contributed by atoms with Gasteiger partial charge in [-0.2, -0.15) is 0 Å². The first-order valence-corrected chi connectivity index (χ1v) is 3.72. The third-order valence-corrected chi connectivity index (χ3v) is 1.36. The Morgan fingerprint density at radius 3 is 2.85 bits per heavy atom. The van der Waals surface area contributed by atoms with Crippen LogP contribution in [-0.4, -0.2) is 24.2 Å². The maximum absolute atomic E-state index is 11.1. The van der Waals surface area contributed by atoms with E-state index in [1.54, 1.807) is 0 Å². The van der Waals surface area contributed by atoms with E-state index in [-0.39, 0.29) is 24.6 Å². The second kappa shape index (κ2) is 4.42. The molecule has 1 heterocycles. The van der Waals surface area contributed by atoms with Crippen molar-refractivity contribution in [1.82, 2.24) is 5.32 Å². The van der Waals surface area contributed by atoms with Gasteiger partial charge in [0.05, 0.1) is 12.2 Å². The summed E-state index contributed by atoms with van der Waals surface area (Å²) in [6.07, 6.45) is 1.08. The molecule has 0 unspecified atom stereocenters. The van der Waals surface area contributed by atoms with E-state index < -0.39 is 5.63 Å². The van der Waals surface area contributed by atoms with Crippen molar-refractivity contribution in [2.24, 2.45) is 0 Å². The van der Waals surface area contributed by atoms with Crippen LogP contribution in [0.2, 0.25) is 0 Å². The van der Waals surface area contributed by atoms with Gasteiger partial charge in [0.2, 0.25) is 0 Å². The zero-order valence-electron chi connectivity index (χ0n) is 6.82. The van der Waals surface area contributed by atoms with Crippen LogP contribution in [0.15, 0.2) is 27.6 Å². The van der Waals surface area contributed by atoms with Crippen LogP contribution in [0.5, 0.6) is 0 Å². The van der Waals surface area contributed by atoms with E-state index in [2.05, 4.69) is 9.73 Å². The molecule has 0 aliphatic heterocycles. The minimum atomic E-state index is -0.501. The largest absolute Gasteiger partial charge is 0.430 e. The fraction of sp³-hybridized carbons (Fsp3) is 0.250. The van der Waals surface area contributed by atoms with E-state index in [4.69, 9.17) is 5.11 Å². The Hall–Kier alpha value is -1.62. The van der Waals surface area contributed by atoms with Gasteiger partial charge in [-0.3, -0.25) is 4.79 Å². The zero-order chi connectivity index (χ0) is 9.68. The molecule has 0 aliphatic rings. The predicted octanol–water partition coefficient (Wildman–Crippen LogP) is -0.638. The summed E-state index contributed by atoms with van der Waals surface area (Å²) in [5.41, 5.74) is -0.244. The second-order valence-electron chi connectivity index (χ2n) is 2.32. The lowest BCUT2D eigenvalue weighted by Gasteiger charge is -2.00. The molecule has 0 saturated heterocycles. The summed E-state index contributed by atoms with van der Waals surface area (Å²) in [6, 6.07) is 2.52. The van der Waals surface area contributed by atoms with Gasteiger partial charge in [-0.1, -0.05) is 0 Å². The quantitative estimate of drug-likeness (QED) is 0.653. The van der Waals surface area contributed by atoms with Crippen molar-refractivity contribution in [3.63, 3.8) is 0 Å². The highest BCUT2D eigenvalue weighted by Gasteiger charge is 2.04. The van der Waals surface area contributed by atoms with Crippen molar-refractivity contribution < 1.29 is 14.3 Å². The molecule has 0 fully saturated rings. The Bertz CT molecular complexity index is 324. The summed E-state index contributed by atoms with van der Waals surface area (Å²) >= 11 is 0. The molecule has 1 rings (SSSR count). The number of carbonyl (C=O) groups excluding carboxylic acids is 1. The van der Waals surface area contributed by atoms with Crippen molar-refractivity contribution >= 4 is 5.91 Å². The molecule has 0 radical (unpaired) electrons. The Kier molecular flexibility index (Phi) is 3.22. The Morgan fingerprint density at radius 1 is 1.54 bits per heavy atom. The topological polar surface area (TPSA) is 79.5 Å². The van der Waals surface area contributed by atoms with Gasteiger partial charge < -0.3 is 14.8 Å². The molecule has 1 aromatic rings. The lowest BCUT2D eigenvalue weighted by atomic mass is 10.3. The SMILES string of the molecule is O=C(NCCO)c1ccc(=O)oc1. The first-order valence-electron chi connectivity index (χ1n) is 3.72. The molecule has 5 nitrogen and oxygen atoms in total. The van der Waals surface area contributed by atoms with E-state index in [0.29, 0.717) is 0 Å². The van der Waals surface area contributed by atoms with Gasteiger partial charge in [0.1, 0.15) is 6.26 Å². The standard InChI is InChI=1S/C8H9NO4/c10-4-3-9-8(12)6-1-2-7(11)13-5-6/h1-2,5,10H,3-4H2,(H,9,12). The van der Waals surface area contributed by atoms with E-state index >= 15 is 0 Å². The Morgan fingerprint density at radius 2 is 2.31 bits per heavy atom. The van der Waals surface area contributed by atoms with Gasteiger partial charge >= 0.3 is 5.63 Å². The third-order valence-electron chi connectivity index (χ3n) is 1.36. The van der Waals surface area contributed by atoms with Crippen molar-refractivity contribution in [3.05, 3.63) is 34.4 Å². The monoisotopic (exact) mass is 183 g/mol. The molecule has 70 valence electrons. The highest BCUT2D eigenvalue weighted by atomic mass is 16.4. The van der Waals surface area contributed by atoms with Crippen LogP contribution < -0.4 is 10.9 Å². The van der Waals surface area contributed by atoms with Crippen molar-refractivity contribution in [3.8, 4) is 0 Å². The molecule has 13 heavy (non-hydrogen) atoms. The van der Waals surface area contributed by atoms with E-state index in [1.165, 1.54) is 6.07 Å². The van der Waals surface area contributed by atoms with Gasteiger partial charge in [0.15, 0.2) is 0 Å². The molecule has 2 N–H and O–H groups in total. The van der Waals surface area contributed by atoms with Gasteiger partial charge in [-0.25, -0.2) is 4.79 Å². The molecule has 1 amide bonds. The first kappa shape index (κ1) is 9.47. The molecular formula is C8H9NO4. The molecule has 0 saturated carbocycles. The average Bonchev–Trinajstić information content (AvgIpc) is 2.15. The highest BCUT2D eigenvalue weighted by molar-refractivity contribution is 5.93. The Balaban J connectivity index is 2.66. The highest BCUT2D eigenvalue weighted by Crippen LogP contribution is 1.93. The summed E-state index contributed by atoms with van der Waals surface area (Å²) in [6.45, 7) is 0.0560. The van der Waals surface area contributed by atoms with Crippen molar-refractivity contribution in [1.29, 1.82) is 0 Å². The smallest absolute Gasteiger partial charge is 0.335 e. The first-order chi connectivity index (χ1) is 6.24. The fourth-order valence-corrected chi connectivity index (χ4v) is 0.759. The number of amides is 1. The van der Waals surface area contributed by atoms with Gasteiger partial charge in [-0.15, -0.1) is 0 Å². The summed E-state index contributed by atoms with van der Waals surface area (Å²) in [4.78, 5) is 21.7. The lowest BCUT2D eigenvalue weighted by molar-refractivity contribution is 0.0942. The average molecular weight is 183 g/mol. The van der Waals surface area contributed by atoms with E-state index in [1.807, 2.05) is 0 Å². The molecular weight excluding hydrogens is 174 g/mol. The predicted molar refractivity (Wildman–Crippen MR) is 44.4 cm³/mol. The lowest BCUT2D eigenvalue weighted by Crippen LogP contribution is -2.26. The Labute approximate surface area is 74.0 Å². The molecule has 5 heteroatoms.